The van der Waals surface area contributed by atoms with Crippen LogP contribution in [0.5, 0.6) is 0 Å². The van der Waals surface area contributed by atoms with Gasteiger partial charge in [-0.3, -0.25) is 0 Å². The monoisotopic (exact) mass is 310 g/mol. The summed E-state index contributed by atoms with van der Waals surface area (Å²) in [7, 11) is -1.17. The number of hydrogen-bond donors (Lipinski definition) is 0. The molecule has 0 aromatic heterocycles. The summed E-state index contributed by atoms with van der Waals surface area (Å²) in [5, 5.41) is 0. The quantitative estimate of drug-likeness (QED) is 0.445. The van der Waals surface area contributed by atoms with E-state index in [9.17, 15) is 0 Å². The molecule has 2 aliphatic carbocycles. The lowest BCUT2D eigenvalue weighted by Gasteiger charge is -2.50. The highest BCUT2D eigenvalue weighted by atomic mass is 31.3. The molecule has 19 heavy (non-hydrogen) atoms. The van der Waals surface area contributed by atoms with Gasteiger partial charge < -0.3 is 0 Å². The summed E-state index contributed by atoms with van der Waals surface area (Å²) in [5.41, 5.74) is 1.06. The van der Waals surface area contributed by atoms with Crippen LogP contribution < -0.4 is 0 Å². The van der Waals surface area contributed by atoms with Crippen LogP contribution in [0.15, 0.2) is 24.3 Å². The van der Waals surface area contributed by atoms with Crippen molar-refractivity contribution < 1.29 is 0 Å². The fourth-order valence-electron chi connectivity index (χ4n) is 4.20. The Kier molecular flexibility index (Phi) is 4.65. The van der Waals surface area contributed by atoms with Crippen molar-refractivity contribution in [1.29, 1.82) is 0 Å². The van der Waals surface area contributed by atoms with Gasteiger partial charge in [-0.1, -0.05) is 76.3 Å². The highest BCUT2D eigenvalue weighted by molar-refractivity contribution is 7.83. The molecular weight excluding hydrogens is 279 g/mol. The van der Waals surface area contributed by atoms with E-state index in [0.717, 1.165) is 5.66 Å². The van der Waals surface area contributed by atoms with Gasteiger partial charge in [-0.15, -0.1) is 8.13 Å². The van der Waals surface area contributed by atoms with E-state index in [-0.39, 0.29) is 0 Å². The van der Waals surface area contributed by atoms with E-state index in [1.807, 2.05) is 0 Å². The van der Waals surface area contributed by atoms with Crippen LogP contribution in [-0.2, 0) is 0 Å². The van der Waals surface area contributed by atoms with E-state index >= 15 is 0 Å². The normalized spacial score (nSPS) is 24.7. The number of hydrogen-bond acceptors (Lipinski definition) is 0. The summed E-state index contributed by atoms with van der Waals surface area (Å²) in [6.07, 6.45) is 17.4. The first-order chi connectivity index (χ1) is 8.79. The molecule has 2 rings (SSSR count). The van der Waals surface area contributed by atoms with Crippen molar-refractivity contribution in [3.05, 3.63) is 24.3 Å². The Hall–Kier alpha value is 0.344. The molecule has 0 saturated heterocycles. The molecule has 0 aliphatic heterocycles. The molecule has 1 fully saturated rings. The van der Waals surface area contributed by atoms with E-state index in [1.165, 1.54) is 40.2 Å². The highest BCUT2D eigenvalue weighted by Gasteiger charge is 2.52. The lowest BCUT2D eigenvalue weighted by Crippen LogP contribution is -2.51. The van der Waals surface area contributed by atoms with Gasteiger partial charge >= 0.3 is 0 Å². The predicted molar refractivity (Wildman–Crippen MR) is 97.0 cm³/mol. The van der Waals surface area contributed by atoms with Crippen molar-refractivity contribution in [2.45, 2.75) is 75.2 Å². The number of rotatable bonds is 4. The maximum atomic E-state index is 2.68. The molecule has 0 N–H and O–H groups in total. The Balaban J connectivity index is 2.20. The fraction of sp³-hybridized carbons (Fsp3) is 0.750. The smallest absolute Gasteiger partial charge is 0.0832 e. The number of allylic oxidation sites excluding steroid dienone is 4. The molecule has 1 saturated carbocycles. The van der Waals surface area contributed by atoms with Crippen molar-refractivity contribution in [2.75, 3.05) is 0 Å². The third-order valence-electron chi connectivity index (χ3n) is 5.27. The largest absolute Gasteiger partial charge is 0.129 e. The Morgan fingerprint density at radius 2 is 1.42 bits per heavy atom. The molecule has 2 aliphatic rings. The first kappa shape index (κ1) is 15.7. The summed E-state index contributed by atoms with van der Waals surface area (Å²) in [6, 6.07) is 0. The topological polar surface area (TPSA) is 0 Å². The van der Waals surface area contributed by atoms with Crippen LogP contribution in [0.1, 0.15) is 32.1 Å². The Bertz CT molecular complexity index is 359. The van der Waals surface area contributed by atoms with Crippen LogP contribution in [0.25, 0.3) is 0 Å². The zero-order valence-electron chi connectivity index (χ0n) is 13.4. The minimum absolute atomic E-state index is 0.510. The maximum absolute atomic E-state index is 2.68. The Morgan fingerprint density at radius 3 is 1.89 bits per heavy atom. The van der Waals surface area contributed by atoms with Crippen molar-refractivity contribution in [3.63, 3.8) is 0 Å². The summed E-state index contributed by atoms with van der Waals surface area (Å²) < 4.78 is 0.510. The second-order valence-electron chi connectivity index (χ2n) is 7.94. The molecule has 0 aromatic carbocycles. The van der Waals surface area contributed by atoms with Gasteiger partial charge in [-0.2, -0.15) is 0 Å². The maximum Gasteiger partial charge on any atom is 0.0832 e. The first-order valence-corrected chi connectivity index (χ1v) is 16.5. The van der Waals surface area contributed by atoms with E-state index in [0.29, 0.717) is 4.66 Å². The summed E-state index contributed by atoms with van der Waals surface area (Å²) in [6.45, 7) is 13.1. The highest BCUT2D eigenvalue weighted by Crippen LogP contribution is 2.59. The average Bonchev–Trinajstić information content (AvgIpc) is 2.79. The van der Waals surface area contributed by atoms with Crippen LogP contribution in [-0.4, -0.2) is 21.5 Å². The van der Waals surface area contributed by atoms with E-state index in [2.05, 4.69) is 57.0 Å². The molecule has 0 heterocycles. The molecule has 0 amide bonds. The van der Waals surface area contributed by atoms with Crippen LogP contribution in [0, 0.1) is 0 Å². The minimum atomic E-state index is -1.23. The van der Waals surface area contributed by atoms with Crippen LogP contribution in [0.2, 0.25) is 37.4 Å². The van der Waals surface area contributed by atoms with Gasteiger partial charge in [0, 0.05) is 4.66 Å². The third-order valence-corrected chi connectivity index (χ3v) is 21.7. The lowest BCUT2D eigenvalue weighted by atomic mass is 10.0. The average molecular weight is 311 g/mol. The van der Waals surface area contributed by atoms with Gasteiger partial charge in [0.05, 0.1) is 15.8 Å². The Labute approximate surface area is 123 Å². The van der Waals surface area contributed by atoms with Gasteiger partial charge in [0.15, 0.2) is 0 Å². The minimum Gasteiger partial charge on any atom is -0.129 e. The second-order valence-corrected chi connectivity index (χ2v) is 23.6. The van der Waals surface area contributed by atoms with Crippen LogP contribution >= 0.6 is 8.13 Å². The molecule has 3 heteroatoms. The molecule has 1 unspecified atom stereocenters. The summed E-state index contributed by atoms with van der Waals surface area (Å²) in [5.74, 6) is 0. The molecule has 0 nitrogen and oxygen atoms in total. The van der Waals surface area contributed by atoms with Gasteiger partial charge in [-0.05, 0) is 18.5 Å². The van der Waals surface area contributed by atoms with Crippen molar-refractivity contribution in [3.8, 4) is 0 Å². The SMILES string of the molecule is C[Si](C)(C)C1([Si](C)(C)PC2CCCCC2)C=CC=C1. The summed E-state index contributed by atoms with van der Waals surface area (Å²) >= 11 is 0. The van der Waals surface area contributed by atoms with Gasteiger partial charge in [-0.25, -0.2) is 0 Å². The molecule has 108 valence electrons. The molecule has 0 spiro atoms. The van der Waals surface area contributed by atoms with Crippen molar-refractivity contribution in [1.82, 2.24) is 0 Å². The zero-order valence-corrected chi connectivity index (χ0v) is 16.4. The molecule has 1 atom stereocenters. The first-order valence-electron chi connectivity index (χ1n) is 7.93. The van der Waals surface area contributed by atoms with Crippen LogP contribution in [0.3, 0.4) is 0 Å². The van der Waals surface area contributed by atoms with Crippen LogP contribution in [0.4, 0.5) is 0 Å². The third kappa shape index (κ3) is 3.01. The van der Waals surface area contributed by atoms with E-state index in [1.54, 1.807) is 0 Å². The van der Waals surface area contributed by atoms with Gasteiger partial charge in [0.2, 0.25) is 0 Å². The van der Waals surface area contributed by atoms with E-state index < -0.39 is 15.8 Å². The van der Waals surface area contributed by atoms with Gasteiger partial charge in [0.1, 0.15) is 0 Å². The summed E-state index contributed by atoms with van der Waals surface area (Å²) in [4.78, 5) is 0. The molecule has 0 bridgehead atoms. The molecule has 0 aromatic rings. The van der Waals surface area contributed by atoms with Crippen molar-refractivity contribution in [2.24, 2.45) is 0 Å². The lowest BCUT2D eigenvalue weighted by molar-refractivity contribution is 0.514. The standard InChI is InChI=1S/C16H31PSi2/c1-18(2,3)16(13-9-10-14-16)19(4,5)17-15-11-7-6-8-12-15/h9-10,13-15,17H,6-8,11-12H2,1-5H3. The Morgan fingerprint density at radius 1 is 0.895 bits per heavy atom. The fourth-order valence-corrected chi connectivity index (χ4v) is 25.0. The zero-order chi connectivity index (χ0) is 14.1. The molecular formula is C16H31PSi2. The van der Waals surface area contributed by atoms with Crippen molar-refractivity contribution >= 4 is 23.9 Å². The molecule has 0 radical (unpaired) electrons. The van der Waals surface area contributed by atoms with E-state index in [4.69, 9.17) is 0 Å². The second kappa shape index (κ2) is 5.62. The predicted octanol–water partition coefficient (Wildman–Crippen LogP) is 5.95. The van der Waals surface area contributed by atoms with Gasteiger partial charge in [0.25, 0.3) is 0 Å².